The van der Waals surface area contributed by atoms with Gasteiger partial charge in [0.1, 0.15) is 10.6 Å². The van der Waals surface area contributed by atoms with Gasteiger partial charge < -0.3 is 15.2 Å². The standard InChI is InChI=1S/C13H22N2O4S/c1-4-5-11(9-18-2)15-20(16,17)13-8-10(14)6-7-12(13)19-3/h6-8,11,15H,4-5,9,14H2,1-3H3. The van der Waals surface area contributed by atoms with Crippen molar-refractivity contribution < 1.29 is 17.9 Å². The number of ether oxygens (including phenoxy) is 2. The zero-order valence-electron chi connectivity index (χ0n) is 12.0. The lowest BCUT2D eigenvalue weighted by Gasteiger charge is -2.18. The third-order valence-electron chi connectivity index (χ3n) is 2.80. The summed E-state index contributed by atoms with van der Waals surface area (Å²) < 4.78 is 37.6. The maximum Gasteiger partial charge on any atom is 0.244 e. The molecule has 20 heavy (non-hydrogen) atoms. The van der Waals surface area contributed by atoms with E-state index in [0.29, 0.717) is 18.7 Å². The highest BCUT2D eigenvalue weighted by molar-refractivity contribution is 7.89. The Morgan fingerprint density at radius 2 is 2.05 bits per heavy atom. The number of nitrogen functional groups attached to an aromatic ring is 1. The highest BCUT2D eigenvalue weighted by Crippen LogP contribution is 2.26. The van der Waals surface area contributed by atoms with Crippen molar-refractivity contribution in [3.8, 4) is 5.75 Å². The van der Waals surface area contributed by atoms with Crippen molar-refractivity contribution in [2.45, 2.75) is 30.7 Å². The Balaban J connectivity index is 3.06. The summed E-state index contributed by atoms with van der Waals surface area (Å²) in [5, 5.41) is 0. The number of benzene rings is 1. The van der Waals surface area contributed by atoms with Gasteiger partial charge in [-0.1, -0.05) is 13.3 Å². The van der Waals surface area contributed by atoms with Crippen LogP contribution >= 0.6 is 0 Å². The van der Waals surface area contributed by atoms with E-state index in [4.69, 9.17) is 15.2 Å². The highest BCUT2D eigenvalue weighted by Gasteiger charge is 2.23. The summed E-state index contributed by atoms with van der Waals surface area (Å²) in [6.45, 7) is 2.30. The summed E-state index contributed by atoms with van der Waals surface area (Å²) in [5.74, 6) is 0.263. The maximum absolute atomic E-state index is 12.4. The van der Waals surface area contributed by atoms with Gasteiger partial charge in [0.2, 0.25) is 10.0 Å². The Kier molecular flexibility index (Phi) is 6.25. The molecule has 0 radical (unpaired) electrons. The summed E-state index contributed by atoms with van der Waals surface area (Å²) in [6, 6.07) is 4.24. The van der Waals surface area contributed by atoms with E-state index in [1.807, 2.05) is 6.92 Å². The van der Waals surface area contributed by atoms with Crippen LogP contribution in [0.15, 0.2) is 23.1 Å². The summed E-state index contributed by atoms with van der Waals surface area (Å²) >= 11 is 0. The van der Waals surface area contributed by atoms with Crippen molar-refractivity contribution in [2.75, 3.05) is 26.6 Å². The minimum Gasteiger partial charge on any atom is -0.495 e. The molecule has 0 fully saturated rings. The van der Waals surface area contributed by atoms with Crippen molar-refractivity contribution in [3.05, 3.63) is 18.2 Å². The molecule has 0 amide bonds. The van der Waals surface area contributed by atoms with E-state index in [9.17, 15) is 8.42 Å². The van der Waals surface area contributed by atoms with Gasteiger partial charge in [-0.25, -0.2) is 13.1 Å². The summed E-state index contributed by atoms with van der Waals surface area (Å²) in [4.78, 5) is 0.0391. The Morgan fingerprint density at radius 1 is 1.35 bits per heavy atom. The quantitative estimate of drug-likeness (QED) is 0.708. The van der Waals surface area contributed by atoms with Crippen molar-refractivity contribution >= 4 is 15.7 Å². The van der Waals surface area contributed by atoms with E-state index in [1.165, 1.54) is 26.4 Å². The van der Waals surface area contributed by atoms with Gasteiger partial charge in [0.15, 0.2) is 0 Å². The number of hydrogen-bond donors (Lipinski definition) is 2. The molecular weight excluding hydrogens is 280 g/mol. The van der Waals surface area contributed by atoms with E-state index in [2.05, 4.69) is 4.72 Å². The van der Waals surface area contributed by atoms with Crippen molar-refractivity contribution in [1.29, 1.82) is 0 Å². The van der Waals surface area contributed by atoms with Crippen molar-refractivity contribution in [2.24, 2.45) is 0 Å². The molecule has 0 saturated heterocycles. The van der Waals surface area contributed by atoms with E-state index in [1.54, 1.807) is 6.07 Å². The van der Waals surface area contributed by atoms with Crippen LogP contribution in [0.2, 0.25) is 0 Å². The Bertz CT molecular complexity index is 525. The van der Waals surface area contributed by atoms with Crippen LogP contribution in [-0.2, 0) is 14.8 Å². The van der Waals surface area contributed by atoms with Gasteiger partial charge in [0.25, 0.3) is 0 Å². The van der Waals surface area contributed by atoms with Crippen molar-refractivity contribution in [3.63, 3.8) is 0 Å². The minimum atomic E-state index is -3.70. The lowest BCUT2D eigenvalue weighted by molar-refractivity contribution is 0.171. The van der Waals surface area contributed by atoms with Gasteiger partial charge in [-0.2, -0.15) is 0 Å². The molecule has 0 aliphatic carbocycles. The molecule has 1 aromatic rings. The topological polar surface area (TPSA) is 90.7 Å². The predicted molar refractivity (Wildman–Crippen MR) is 78.3 cm³/mol. The second-order valence-electron chi connectivity index (χ2n) is 4.47. The molecule has 1 rings (SSSR count). The van der Waals surface area contributed by atoms with Crippen LogP contribution in [0.1, 0.15) is 19.8 Å². The Labute approximate surface area is 120 Å². The SMILES string of the molecule is CCCC(COC)NS(=O)(=O)c1cc(N)ccc1OC. The van der Waals surface area contributed by atoms with Crippen LogP contribution in [0, 0.1) is 0 Å². The predicted octanol–water partition coefficient (Wildman–Crippen LogP) is 1.37. The number of rotatable bonds is 8. The molecule has 0 aliphatic rings. The van der Waals surface area contributed by atoms with Crippen LogP contribution in [0.3, 0.4) is 0 Å². The third kappa shape index (κ3) is 4.36. The zero-order valence-corrected chi connectivity index (χ0v) is 12.9. The van der Waals surface area contributed by atoms with Crippen LogP contribution in [0.25, 0.3) is 0 Å². The maximum atomic E-state index is 12.4. The average Bonchev–Trinajstić information content (AvgIpc) is 2.39. The van der Waals surface area contributed by atoms with Gasteiger partial charge in [-0.3, -0.25) is 0 Å². The van der Waals surface area contributed by atoms with Gasteiger partial charge in [0.05, 0.1) is 13.7 Å². The zero-order chi connectivity index (χ0) is 15.2. The monoisotopic (exact) mass is 302 g/mol. The average molecular weight is 302 g/mol. The second-order valence-corrected chi connectivity index (χ2v) is 6.15. The van der Waals surface area contributed by atoms with Gasteiger partial charge in [-0.15, -0.1) is 0 Å². The summed E-state index contributed by atoms with van der Waals surface area (Å²) in [5.41, 5.74) is 6.02. The normalized spacial score (nSPS) is 13.2. The molecule has 6 nitrogen and oxygen atoms in total. The summed E-state index contributed by atoms with van der Waals surface area (Å²) in [7, 11) is -0.745. The van der Waals surface area contributed by atoms with Crippen LogP contribution in [-0.4, -0.2) is 35.3 Å². The van der Waals surface area contributed by atoms with Gasteiger partial charge >= 0.3 is 0 Å². The van der Waals surface area contributed by atoms with Crippen LogP contribution < -0.4 is 15.2 Å². The molecule has 114 valence electrons. The fourth-order valence-corrected chi connectivity index (χ4v) is 3.37. The molecule has 7 heteroatoms. The fourth-order valence-electron chi connectivity index (χ4n) is 1.91. The van der Waals surface area contributed by atoms with Crippen LogP contribution in [0.5, 0.6) is 5.75 Å². The number of nitrogens with two attached hydrogens (primary N) is 1. The Morgan fingerprint density at radius 3 is 2.60 bits per heavy atom. The first-order valence-corrected chi connectivity index (χ1v) is 7.87. The fraction of sp³-hybridized carbons (Fsp3) is 0.538. The first-order valence-electron chi connectivity index (χ1n) is 6.39. The molecule has 0 spiro atoms. The molecule has 0 bridgehead atoms. The van der Waals surface area contributed by atoms with Gasteiger partial charge in [-0.05, 0) is 24.6 Å². The molecular formula is C13H22N2O4S. The molecule has 1 unspecified atom stereocenters. The Hall–Kier alpha value is -1.31. The first-order chi connectivity index (χ1) is 9.44. The molecule has 0 saturated carbocycles. The number of anilines is 1. The summed E-state index contributed by atoms with van der Waals surface area (Å²) in [6.07, 6.45) is 1.54. The lowest BCUT2D eigenvalue weighted by atomic mass is 10.2. The smallest absolute Gasteiger partial charge is 0.244 e. The third-order valence-corrected chi connectivity index (χ3v) is 4.35. The van der Waals surface area contributed by atoms with Crippen molar-refractivity contribution in [1.82, 2.24) is 4.72 Å². The van der Waals surface area contributed by atoms with Gasteiger partial charge in [0, 0.05) is 18.8 Å². The van der Waals surface area contributed by atoms with E-state index in [-0.39, 0.29) is 16.7 Å². The number of sulfonamides is 1. The molecule has 1 aromatic carbocycles. The minimum absolute atomic E-state index is 0.0391. The molecule has 3 N–H and O–H groups in total. The van der Waals surface area contributed by atoms with E-state index >= 15 is 0 Å². The van der Waals surface area contributed by atoms with Crippen LogP contribution in [0.4, 0.5) is 5.69 Å². The second kappa shape index (κ2) is 7.47. The number of hydrogen-bond acceptors (Lipinski definition) is 5. The number of methoxy groups -OCH3 is 2. The highest BCUT2D eigenvalue weighted by atomic mass is 32.2. The molecule has 1 atom stereocenters. The largest absolute Gasteiger partial charge is 0.495 e. The molecule has 0 aromatic heterocycles. The first kappa shape index (κ1) is 16.7. The number of nitrogens with one attached hydrogen (secondary N) is 1. The molecule has 0 heterocycles. The van der Waals surface area contributed by atoms with E-state index in [0.717, 1.165) is 6.42 Å². The molecule has 0 aliphatic heterocycles. The lowest BCUT2D eigenvalue weighted by Crippen LogP contribution is -2.38. The van der Waals surface area contributed by atoms with E-state index < -0.39 is 10.0 Å².